The molecule has 1 atom stereocenters. The van der Waals surface area contributed by atoms with Crippen molar-refractivity contribution in [3.05, 3.63) is 53.1 Å². The van der Waals surface area contributed by atoms with Gasteiger partial charge in [-0.1, -0.05) is 17.7 Å². The zero-order chi connectivity index (χ0) is 20.0. The Morgan fingerprint density at radius 3 is 2.11 bits per heavy atom. The van der Waals surface area contributed by atoms with Gasteiger partial charge < -0.3 is 19.5 Å². The van der Waals surface area contributed by atoms with Gasteiger partial charge >= 0.3 is 5.97 Å². The van der Waals surface area contributed by atoms with Gasteiger partial charge in [0.2, 0.25) is 0 Å². The third-order valence-corrected chi connectivity index (χ3v) is 4.02. The van der Waals surface area contributed by atoms with E-state index in [9.17, 15) is 9.59 Å². The standard InChI is InChI=1S/C21H25NO5/c1-13-10-14(2)20(15(3)11-13)22-21(24)16(4)27-19(23)12-26-18-8-6-17(25-5)7-9-18/h6-11,16H,12H2,1-5H3,(H,22,24)/t16-/m1/s1. The molecule has 1 N–H and O–H groups in total. The molecule has 144 valence electrons. The van der Waals surface area contributed by atoms with Crippen LogP contribution in [0.2, 0.25) is 0 Å². The largest absolute Gasteiger partial charge is 0.497 e. The molecule has 27 heavy (non-hydrogen) atoms. The first-order valence-corrected chi connectivity index (χ1v) is 8.65. The summed E-state index contributed by atoms with van der Waals surface area (Å²) < 4.78 is 15.6. The summed E-state index contributed by atoms with van der Waals surface area (Å²) in [7, 11) is 1.57. The fraction of sp³-hybridized carbons (Fsp3) is 0.333. The van der Waals surface area contributed by atoms with E-state index in [-0.39, 0.29) is 12.5 Å². The Morgan fingerprint density at radius 2 is 1.56 bits per heavy atom. The quantitative estimate of drug-likeness (QED) is 0.753. The van der Waals surface area contributed by atoms with Gasteiger partial charge in [0.25, 0.3) is 5.91 Å². The van der Waals surface area contributed by atoms with Crippen molar-refractivity contribution in [2.24, 2.45) is 0 Å². The average molecular weight is 371 g/mol. The summed E-state index contributed by atoms with van der Waals surface area (Å²) >= 11 is 0. The minimum atomic E-state index is -0.933. The van der Waals surface area contributed by atoms with Crippen molar-refractivity contribution in [3.63, 3.8) is 0 Å². The van der Waals surface area contributed by atoms with Crippen LogP contribution in [0.1, 0.15) is 23.6 Å². The monoisotopic (exact) mass is 371 g/mol. The molecule has 2 aromatic rings. The maximum Gasteiger partial charge on any atom is 0.344 e. The van der Waals surface area contributed by atoms with Crippen molar-refractivity contribution in [1.29, 1.82) is 0 Å². The molecule has 0 aliphatic heterocycles. The molecule has 0 radical (unpaired) electrons. The van der Waals surface area contributed by atoms with Gasteiger partial charge in [0.1, 0.15) is 11.5 Å². The van der Waals surface area contributed by atoms with Gasteiger partial charge in [0.15, 0.2) is 12.7 Å². The molecule has 0 saturated heterocycles. The SMILES string of the molecule is COc1ccc(OCC(=O)O[C@H](C)C(=O)Nc2c(C)cc(C)cc2C)cc1. The molecule has 2 rings (SSSR count). The molecular formula is C21H25NO5. The first kappa shape index (κ1) is 20.3. The lowest BCUT2D eigenvalue weighted by molar-refractivity contribution is -0.155. The van der Waals surface area contributed by atoms with Gasteiger partial charge in [-0.25, -0.2) is 4.79 Å². The molecule has 1 amide bonds. The molecule has 0 fully saturated rings. The van der Waals surface area contributed by atoms with Crippen LogP contribution in [0.5, 0.6) is 11.5 Å². The second kappa shape index (κ2) is 9.07. The molecule has 0 aromatic heterocycles. The molecule has 2 aromatic carbocycles. The summed E-state index contributed by atoms with van der Waals surface area (Å²) in [6.45, 7) is 7.09. The lowest BCUT2D eigenvalue weighted by Gasteiger charge is -2.17. The van der Waals surface area contributed by atoms with Crippen LogP contribution in [0.4, 0.5) is 5.69 Å². The van der Waals surface area contributed by atoms with E-state index >= 15 is 0 Å². The van der Waals surface area contributed by atoms with Gasteiger partial charge in [-0.2, -0.15) is 0 Å². The molecule has 0 aliphatic rings. The fourth-order valence-corrected chi connectivity index (χ4v) is 2.70. The van der Waals surface area contributed by atoms with Crippen LogP contribution >= 0.6 is 0 Å². The predicted octanol–water partition coefficient (Wildman–Crippen LogP) is 3.57. The van der Waals surface area contributed by atoms with Gasteiger partial charge in [-0.05, 0) is 63.1 Å². The predicted molar refractivity (Wildman–Crippen MR) is 103 cm³/mol. The number of anilines is 1. The summed E-state index contributed by atoms with van der Waals surface area (Å²) in [4.78, 5) is 24.3. The summed E-state index contributed by atoms with van der Waals surface area (Å²) in [6, 6.07) is 10.8. The normalized spacial score (nSPS) is 11.4. The highest BCUT2D eigenvalue weighted by molar-refractivity contribution is 5.96. The molecule has 0 spiro atoms. The van der Waals surface area contributed by atoms with Crippen molar-refractivity contribution in [2.75, 3.05) is 19.0 Å². The molecule has 0 bridgehead atoms. The molecule has 0 saturated carbocycles. The number of ether oxygens (including phenoxy) is 3. The molecule has 0 aliphatic carbocycles. The maximum atomic E-state index is 12.3. The summed E-state index contributed by atoms with van der Waals surface area (Å²) in [5, 5.41) is 2.83. The van der Waals surface area contributed by atoms with E-state index in [1.54, 1.807) is 31.4 Å². The van der Waals surface area contributed by atoms with Gasteiger partial charge in [-0.3, -0.25) is 4.79 Å². The van der Waals surface area contributed by atoms with Gasteiger partial charge in [-0.15, -0.1) is 0 Å². The van der Waals surface area contributed by atoms with Crippen molar-refractivity contribution < 1.29 is 23.8 Å². The Balaban J connectivity index is 1.87. The van der Waals surface area contributed by atoms with E-state index in [2.05, 4.69) is 5.32 Å². The number of nitrogens with one attached hydrogen (secondary N) is 1. The number of carbonyl (C=O) groups excluding carboxylic acids is 2. The first-order valence-electron chi connectivity index (χ1n) is 8.65. The number of aryl methyl sites for hydroxylation is 3. The third-order valence-electron chi connectivity index (χ3n) is 4.02. The van der Waals surface area contributed by atoms with Crippen LogP contribution in [0.3, 0.4) is 0 Å². The second-order valence-corrected chi connectivity index (χ2v) is 6.36. The Kier molecular flexibility index (Phi) is 6.82. The maximum absolute atomic E-state index is 12.3. The lowest BCUT2D eigenvalue weighted by atomic mass is 10.0. The molecular weight excluding hydrogens is 346 g/mol. The Morgan fingerprint density at radius 1 is 1.00 bits per heavy atom. The number of amides is 1. The average Bonchev–Trinajstić information content (AvgIpc) is 2.63. The Hall–Kier alpha value is -3.02. The zero-order valence-electron chi connectivity index (χ0n) is 16.3. The topological polar surface area (TPSA) is 73.9 Å². The highest BCUT2D eigenvalue weighted by atomic mass is 16.6. The van der Waals surface area contributed by atoms with E-state index in [1.807, 2.05) is 32.9 Å². The molecule has 6 nitrogen and oxygen atoms in total. The molecule has 0 unspecified atom stereocenters. The van der Waals surface area contributed by atoms with Crippen LogP contribution in [0.25, 0.3) is 0 Å². The van der Waals surface area contributed by atoms with Crippen molar-refractivity contribution in [2.45, 2.75) is 33.8 Å². The van der Waals surface area contributed by atoms with Gasteiger partial charge in [0.05, 0.1) is 7.11 Å². The minimum Gasteiger partial charge on any atom is -0.497 e. The van der Waals surface area contributed by atoms with E-state index in [4.69, 9.17) is 14.2 Å². The highest BCUT2D eigenvalue weighted by Crippen LogP contribution is 2.22. The van der Waals surface area contributed by atoms with Crippen molar-refractivity contribution in [3.8, 4) is 11.5 Å². The van der Waals surface area contributed by atoms with Crippen LogP contribution in [0.15, 0.2) is 36.4 Å². The van der Waals surface area contributed by atoms with Crippen LogP contribution in [-0.2, 0) is 14.3 Å². The number of benzene rings is 2. The minimum absolute atomic E-state index is 0.285. The molecule has 6 heteroatoms. The third kappa shape index (κ3) is 5.74. The Bertz CT molecular complexity index is 791. The number of methoxy groups -OCH3 is 1. The van der Waals surface area contributed by atoms with Crippen LogP contribution < -0.4 is 14.8 Å². The second-order valence-electron chi connectivity index (χ2n) is 6.36. The van der Waals surface area contributed by atoms with Crippen LogP contribution in [0, 0.1) is 20.8 Å². The number of hydrogen-bond donors (Lipinski definition) is 1. The highest BCUT2D eigenvalue weighted by Gasteiger charge is 2.19. The number of rotatable bonds is 7. The van der Waals surface area contributed by atoms with Gasteiger partial charge in [0, 0.05) is 5.69 Å². The molecule has 0 heterocycles. The van der Waals surface area contributed by atoms with Crippen LogP contribution in [-0.4, -0.2) is 31.7 Å². The van der Waals surface area contributed by atoms with Crippen molar-refractivity contribution >= 4 is 17.6 Å². The van der Waals surface area contributed by atoms with E-state index in [0.29, 0.717) is 11.5 Å². The first-order chi connectivity index (χ1) is 12.8. The smallest absolute Gasteiger partial charge is 0.344 e. The summed E-state index contributed by atoms with van der Waals surface area (Å²) in [6.07, 6.45) is -0.933. The van der Waals surface area contributed by atoms with E-state index in [1.165, 1.54) is 6.92 Å². The van der Waals surface area contributed by atoms with Crippen molar-refractivity contribution in [1.82, 2.24) is 0 Å². The lowest BCUT2D eigenvalue weighted by Crippen LogP contribution is -2.32. The fourth-order valence-electron chi connectivity index (χ4n) is 2.70. The summed E-state index contributed by atoms with van der Waals surface area (Å²) in [5.74, 6) is 0.196. The number of hydrogen-bond acceptors (Lipinski definition) is 5. The number of carbonyl (C=O) groups is 2. The van der Waals surface area contributed by atoms with E-state index in [0.717, 1.165) is 22.4 Å². The van der Waals surface area contributed by atoms with E-state index < -0.39 is 12.1 Å². The summed E-state index contributed by atoms with van der Waals surface area (Å²) in [5.41, 5.74) is 3.78. The Labute approximate surface area is 159 Å². The number of esters is 1. The zero-order valence-corrected chi connectivity index (χ0v) is 16.3.